The van der Waals surface area contributed by atoms with Crippen molar-refractivity contribution in [3.8, 4) is 6.07 Å². The maximum atomic E-state index is 9.00. The summed E-state index contributed by atoms with van der Waals surface area (Å²) in [6.07, 6.45) is 3.27. The summed E-state index contributed by atoms with van der Waals surface area (Å²) in [5, 5.41) is 9.74. The van der Waals surface area contributed by atoms with Crippen molar-refractivity contribution < 1.29 is 0 Å². The maximum Gasteiger partial charge on any atom is 0.142 e. The summed E-state index contributed by atoms with van der Waals surface area (Å²) in [5.74, 6) is 0. The zero-order chi connectivity index (χ0) is 12.3. The molecule has 1 aromatic carbocycles. The molecule has 0 unspecified atom stereocenters. The molecule has 17 heavy (non-hydrogen) atoms. The standard InChI is InChI=1S/C13H12ClN3/c1-17-9-16-12(13(17)8-15)6-5-10-3-2-4-11(14)7-10/h2-4,7,9H,5-6H2,1H3. The first-order valence-electron chi connectivity index (χ1n) is 5.35. The van der Waals surface area contributed by atoms with Gasteiger partial charge >= 0.3 is 0 Å². The van der Waals surface area contributed by atoms with Crippen LogP contribution in [0, 0.1) is 11.3 Å². The molecular weight excluding hydrogens is 234 g/mol. The molecule has 2 rings (SSSR count). The molecule has 0 aliphatic rings. The van der Waals surface area contributed by atoms with Gasteiger partial charge in [0.05, 0.1) is 12.0 Å². The lowest BCUT2D eigenvalue weighted by atomic mass is 10.1. The van der Waals surface area contributed by atoms with E-state index >= 15 is 0 Å². The van der Waals surface area contributed by atoms with Crippen LogP contribution in [-0.4, -0.2) is 9.55 Å². The van der Waals surface area contributed by atoms with Crippen LogP contribution < -0.4 is 0 Å². The predicted molar refractivity (Wildman–Crippen MR) is 66.8 cm³/mol. The zero-order valence-electron chi connectivity index (χ0n) is 9.52. The van der Waals surface area contributed by atoms with E-state index in [0.29, 0.717) is 5.69 Å². The average Bonchev–Trinajstić information content (AvgIpc) is 2.67. The lowest BCUT2D eigenvalue weighted by Crippen LogP contribution is -1.97. The Morgan fingerprint density at radius 2 is 2.24 bits per heavy atom. The topological polar surface area (TPSA) is 41.6 Å². The van der Waals surface area contributed by atoms with Gasteiger partial charge in [-0.1, -0.05) is 23.7 Å². The third kappa shape index (κ3) is 2.66. The van der Waals surface area contributed by atoms with Crippen LogP contribution in [0.1, 0.15) is 17.0 Å². The van der Waals surface area contributed by atoms with Crippen LogP contribution in [0.4, 0.5) is 0 Å². The summed E-state index contributed by atoms with van der Waals surface area (Å²) >= 11 is 5.92. The highest BCUT2D eigenvalue weighted by molar-refractivity contribution is 6.30. The van der Waals surface area contributed by atoms with Crippen LogP contribution >= 0.6 is 11.6 Å². The van der Waals surface area contributed by atoms with Crippen molar-refractivity contribution in [2.75, 3.05) is 0 Å². The fourth-order valence-corrected chi connectivity index (χ4v) is 1.97. The van der Waals surface area contributed by atoms with E-state index in [1.165, 1.54) is 0 Å². The predicted octanol–water partition coefficient (Wildman–Crippen LogP) is 2.73. The van der Waals surface area contributed by atoms with Gasteiger partial charge in [0, 0.05) is 12.1 Å². The normalized spacial score (nSPS) is 10.2. The zero-order valence-corrected chi connectivity index (χ0v) is 10.3. The molecule has 0 radical (unpaired) electrons. The van der Waals surface area contributed by atoms with Gasteiger partial charge in [0.15, 0.2) is 0 Å². The van der Waals surface area contributed by atoms with Gasteiger partial charge in [0.1, 0.15) is 11.8 Å². The second-order valence-electron chi connectivity index (χ2n) is 3.89. The Morgan fingerprint density at radius 3 is 2.94 bits per heavy atom. The molecular formula is C13H12ClN3. The Hall–Kier alpha value is -1.79. The summed E-state index contributed by atoms with van der Waals surface area (Å²) in [6.45, 7) is 0. The third-order valence-corrected chi connectivity index (χ3v) is 2.89. The molecule has 0 amide bonds. The molecule has 0 atom stereocenters. The van der Waals surface area contributed by atoms with Crippen LogP contribution in [0.2, 0.25) is 5.02 Å². The Bertz CT molecular complexity index is 566. The molecule has 3 nitrogen and oxygen atoms in total. The molecule has 0 spiro atoms. The van der Waals surface area contributed by atoms with Gasteiger partial charge in [-0.3, -0.25) is 0 Å². The molecule has 86 valence electrons. The first-order chi connectivity index (χ1) is 8.20. The van der Waals surface area contributed by atoms with E-state index in [1.54, 1.807) is 10.9 Å². The number of imidazole rings is 1. The van der Waals surface area contributed by atoms with E-state index in [1.807, 2.05) is 31.3 Å². The minimum Gasteiger partial charge on any atom is -0.325 e. The van der Waals surface area contributed by atoms with E-state index in [-0.39, 0.29) is 0 Å². The van der Waals surface area contributed by atoms with Gasteiger partial charge in [-0.15, -0.1) is 0 Å². The molecule has 2 aromatic rings. The molecule has 1 aromatic heterocycles. The van der Waals surface area contributed by atoms with E-state index in [2.05, 4.69) is 11.1 Å². The van der Waals surface area contributed by atoms with Crippen LogP contribution in [0.25, 0.3) is 0 Å². The number of nitrogens with zero attached hydrogens (tertiary/aromatic N) is 3. The lowest BCUT2D eigenvalue weighted by molar-refractivity contribution is 0.884. The number of halogens is 1. The van der Waals surface area contributed by atoms with E-state index in [4.69, 9.17) is 16.9 Å². The molecule has 4 heteroatoms. The molecule has 0 saturated carbocycles. The third-order valence-electron chi connectivity index (χ3n) is 2.66. The summed E-state index contributed by atoms with van der Waals surface area (Å²) < 4.78 is 1.74. The first-order valence-corrected chi connectivity index (χ1v) is 5.73. The second kappa shape index (κ2) is 5.03. The number of aryl methyl sites for hydroxylation is 3. The lowest BCUT2D eigenvalue weighted by Gasteiger charge is -2.01. The minimum atomic E-state index is 0.632. The highest BCUT2D eigenvalue weighted by Crippen LogP contribution is 2.14. The van der Waals surface area contributed by atoms with Crippen molar-refractivity contribution in [3.05, 3.63) is 52.6 Å². The minimum absolute atomic E-state index is 0.632. The van der Waals surface area contributed by atoms with Crippen LogP contribution in [0.15, 0.2) is 30.6 Å². The van der Waals surface area contributed by atoms with E-state index in [9.17, 15) is 0 Å². The Labute approximate surface area is 105 Å². The van der Waals surface area contributed by atoms with Gasteiger partial charge in [-0.25, -0.2) is 4.98 Å². The molecule has 0 aliphatic heterocycles. The fourth-order valence-electron chi connectivity index (χ4n) is 1.76. The van der Waals surface area contributed by atoms with Crippen LogP contribution in [0.5, 0.6) is 0 Å². The number of aromatic nitrogens is 2. The Morgan fingerprint density at radius 1 is 1.41 bits per heavy atom. The first kappa shape index (κ1) is 11.7. The summed E-state index contributed by atoms with van der Waals surface area (Å²) in [4.78, 5) is 4.23. The Kier molecular flexibility index (Phi) is 3.46. The highest BCUT2D eigenvalue weighted by Gasteiger charge is 2.07. The van der Waals surface area contributed by atoms with E-state index < -0.39 is 0 Å². The highest BCUT2D eigenvalue weighted by atomic mass is 35.5. The molecule has 0 fully saturated rings. The van der Waals surface area contributed by atoms with Gasteiger partial charge in [-0.2, -0.15) is 5.26 Å². The monoisotopic (exact) mass is 245 g/mol. The molecule has 1 heterocycles. The van der Waals surface area contributed by atoms with Crippen molar-refractivity contribution in [3.63, 3.8) is 0 Å². The van der Waals surface area contributed by atoms with Crippen molar-refractivity contribution in [1.29, 1.82) is 5.26 Å². The summed E-state index contributed by atoms with van der Waals surface area (Å²) in [5.41, 5.74) is 2.63. The second-order valence-corrected chi connectivity index (χ2v) is 4.33. The van der Waals surface area contributed by atoms with E-state index in [0.717, 1.165) is 29.1 Å². The largest absolute Gasteiger partial charge is 0.325 e. The van der Waals surface area contributed by atoms with Gasteiger partial charge in [-0.05, 0) is 30.5 Å². The number of nitriles is 1. The quantitative estimate of drug-likeness (QED) is 0.834. The molecule has 0 bridgehead atoms. The number of benzene rings is 1. The van der Waals surface area contributed by atoms with Crippen molar-refractivity contribution >= 4 is 11.6 Å². The maximum absolute atomic E-state index is 9.00. The molecule has 0 N–H and O–H groups in total. The van der Waals surface area contributed by atoms with Gasteiger partial charge < -0.3 is 4.57 Å². The summed E-state index contributed by atoms with van der Waals surface area (Å²) in [7, 11) is 1.83. The number of rotatable bonds is 3. The van der Waals surface area contributed by atoms with Crippen molar-refractivity contribution in [2.45, 2.75) is 12.8 Å². The fraction of sp³-hybridized carbons (Fsp3) is 0.231. The Balaban J connectivity index is 2.10. The number of hydrogen-bond donors (Lipinski definition) is 0. The van der Waals surface area contributed by atoms with Crippen LogP contribution in [-0.2, 0) is 19.9 Å². The van der Waals surface area contributed by atoms with Crippen LogP contribution in [0.3, 0.4) is 0 Å². The van der Waals surface area contributed by atoms with Gasteiger partial charge in [0.25, 0.3) is 0 Å². The smallest absolute Gasteiger partial charge is 0.142 e. The number of hydrogen-bond acceptors (Lipinski definition) is 2. The molecule has 0 aliphatic carbocycles. The summed E-state index contributed by atoms with van der Waals surface area (Å²) in [6, 6.07) is 9.92. The van der Waals surface area contributed by atoms with Gasteiger partial charge in [0.2, 0.25) is 0 Å². The van der Waals surface area contributed by atoms with Crippen molar-refractivity contribution in [1.82, 2.24) is 9.55 Å². The van der Waals surface area contributed by atoms with Crippen molar-refractivity contribution in [2.24, 2.45) is 7.05 Å². The SMILES string of the molecule is Cn1cnc(CCc2cccc(Cl)c2)c1C#N. The average molecular weight is 246 g/mol. The molecule has 0 saturated heterocycles.